The molecule has 1 amide bonds. The Labute approximate surface area is 99.4 Å². The molecule has 9 heteroatoms. The Morgan fingerprint density at radius 3 is 2.83 bits per heavy atom. The predicted octanol–water partition coefficient (Wildman–Crippen LogP) is -1.70. The number of anilines is 1. The Morgan fingerprint density at radius 2 is 2.22 bits per heavy atom. The second-order valence-corrected chi connectivity index (χ2v) is 3.48. The van der Waals surface area contributed by atoms with Gasteiger partial charge in [0.15, 0.2) is 0 Å². The third-order valence-electron chi connectivity index (χ3n) is 2.25. The minimum atomic E-state index is -0.753. The number of nitrogens with two attached hydrogens (primary N) is 1. The molecular formula is C9H10N6O3. The largest absolute Gasteiger partial charge is 0.384 e. The second kappa shape index (κ2) is 4.57. The van der Waals surface area contributed by atoms with Gasteiger partial charge in [-0.05, 0) is 0 Å². The van der Waals surface area contributed by atoms with Crippen LogP contribution in [0.15, 0.2) is 22.0 Å². The van der Waals surface area contributed by atoms with Crippen molar-refractivity contribution < 1.29 is 4.79 Å². The van der Waals surface area contributed by atoms with Crippen molar-refractivity contribution in [3.63, 3.8) is 0 Å². The third-order valence-corrected chi connectivity index (χ3v) is 2.25. The van der Waals surface area contributed by atoms with E-state index in [-0.39, 0.29) is 12.1 Å². The van der Waals surface area contributed by atoms with Crippen molar-refractivity contribution in [3.05, 3.63) is 44.4 Å². The van der Waals surface area contributed by atoms with Crippen LogP contribution >= 0.6 is 0 Å². The summed E-state index contributed by atoms with van der Waals surface area (Å²) in [7, 11) is 0. The molecule has 0 saturated carbocycles. The highest BCUT2D eigenvalue weighted by atomic mass is 16.2. The van der Waals surface area contributed by atoms with Crippen molar-refractivity contribution >= 4 is 11.7 Å². The lowest BCUT2D eigenvalue weighted by molar-refractivity contribution is 0.0949. The molecule has 2 aromatic rings. The van der Waals surface area contributed by atoms with Gasteiger partial charge in [-0.15, -0.1) is 0 Å². The van der Waals surface area contributed by atoms with Gasteiger partial charge in [-0.1, -0.05) is 0 Å². The van der Waals surface area contributed by atoms with Gasteiger partial charge < -0.3 is 16.0 Å². The molecule has 18 heavy (non-hydrogen) atoms. The second-order valence-electron chi connectivity index (χ2n) is 3.48. The molecule has 0 aliphatic carbocycles. The monoisotopic (exact) mass is 250 g/mol. The lowest BCUT2D eigenvalue weighted by atomic mass is 10.3. The molecule has 2 heterocycles. The van der Waals surface area contributed by atoms with Gasteiger partial charge in [-0.2, -0.15) is 5.10 Å². The molecule has 2 aromatic heterocycles. The molecule has 0 fully saturated rings. The zero-order valence-electron chi connectivity index (χ0n) is 9.11. The molecule has 9 nitrogen and oxygen atoms in total. The number of carbonyl (C=O) groups is 1. The third kappa shape index (κ3) is 2.29. The number of hydrogen-bond donors (Lipinski definition) is 5. The fourth-order valence-corrected chi connectivity index (χ4v) is 1.31. The Kier molecular flexibility index (Phi) is 2.96. The van der Waals surface area contributed by atoms with Crippen molar-refractivity contribution in [1.29, 1.82) is 0 Å². The molecule has 0 radical (unpaired) electrons. The maximum absolute atomic E-state index is 11.7. The van der Waals surface area contributed by atoms with Gasteiger partial charge in [0.1, 0.15) is 11.4 Å². The van der Waals surface area contributed by atoms with Crippen LogP contribution in [-0.2, 0) is 6.54 Å². The minimum absolute atomic E-state index is 0.125. The SMILES string of the molecule is Nc1[nH]ncc1CNC(=O)c1c[nH]c(=O)[nH]c1=O. The smallest absolute Gasteiger partial charge is 0.325 e. The molecule has 0 aliphatic heterocycles. The molecule has 6 N–H and O–H groups in total. The molecule has 0 atom stereocenters. The first kappa shape index (κ1) is 11.6. The highest BCUT2D eigenvalue weighted by Crippen LogP contribution is 2.04. The van der Waals surface area contributed by atoms with E-state index in [9.17, 15) is 14.4 Å². The molecular weight excluding hydrogens is 240 g/mol. The number of nitrogen functional groups attached to an aromatic ring is 1. The van der Waals surface area contributed by atoms with Gasteiger partial charge in [-0.25, -0.2) is 4.79 Å². The van der Waals surface area contributed by atoms with Gasteiger partial charge in [0, 0.05) is 18.3 Å². The number of hydrogen-bond acceptors (Lipinski definition) is 5. The average Bonchev–Trinajstić information content (AvgIpc) is 2.72. The van der Waals surface area contributed by atoms with Crippen LogP contribution in [0.1, 0.15) is 15.9 Å². The van der Waals surface area contributed by atoms with E-state index in [4.69, 9.17) is 5.73 Å². The molecule has 0 unspecified atom stereocenters. The lowest BCUT2D eigenvalue weighted by Gasteiger charge is -2.02. The van der Waals surface area contributed by atoms with E-state index in [1.807, 2.05) is 4.98 Å². The zero-order valence-corrected chi connectivity index (χ0v) is 9.11. The zero-order chi connectivity index (χ0) is 13.1. The summed E-state index contributed by atoms with van der Waals surface area (Å²) in [6.07, 6.45) is 2.52. The summed E-state index contributed by atoms with van der Waals surface area (Å²) in [5.41, 5.74) is 4.52. The Morgan fingerprint density at radius 1 is 1.44 bits per heavy atom. The van der Waals surface area contributed by atoms with Gasteiger partial charge in [-0.3, -0.25) is 19.7 Å². The quantitative estimate of drug-likeness (QED) is 0.440. The maximum atomic E-state index is 11.7. The highest BCUT2D eigenvalue weighted by Gasteiger charge is 2.11. The Balaban J connectivity index is 2.11. The summed E-state index contributed by atoms with van der Waals surface area (Å²) < 4.78 is 0. The number of aromatic amines is 3. The van der Waals surface area contributed by atoms with Gasteiger partial charge in [0.25, 0.3) is 11.5 Å². The molecule has 2 rings (SSSR count). The first-order valence-corrected chi connectivity index (χ1v) is 4.96. The summed E-state index contributed by atoms with van der Waals surface area (Å²) in [5, 5.41) is 8.68. The van der Waals surface area contributed by atoms with Gasteiger partial charge >= 0.3 is 5.69 Å². The van der Waals surface area contributed by atoms with E-state index >= 15 is 0 Å². The van der Waals surface area contributed by atoms with Crippen LogP contribution in [0.3, 0.4) is 0 Å². The normalized spacial score (nSPS) is 10.2. The van der Waals surface area contributed by atoms with E-state index in [1.54, 1.807) is 0 Å². The Hall–Kier alpha value is -2.84. The average molecular weight is 250 g/mol. The lowest BCUT2D eigenvalue weighted by Crippen LogP contribution is -2.33. The molecule has 0 bridgehead atoms. The number of amides is 1. The number of H-pyrrole nitrogens is 3. The molecule has 0 aromatic carbocycles. The van der Waals surface area contributed by atoms with Crippen LogP contribution in [0, 0.1) is 0 Å². The number of aromatic nitrogens is 4. The topological polar surface area (TPSA) is 150 Å². The molecule has 0 spiro atoms. The van der Waals surface area contributed by atoms with Gasteiger partial charge in [0.2, 0.25) is 0 Å². The van der Waals surface area contributed by atoms with Crippen molar-refractivity contribution in [2.45, 2.75) is 6.54 Å². The molecule has 0 aliphatic rings. The Bertz CT molecular complexity index is 682. The van der Waals surface area contributed by atoms with E-state index < -0.39 is 17.2 Å². The van der Waals surface area contributed by atoms with E-state index in [0.717, 1.165) is 6.20 Å². The van der Waals surface area contributed by atoms with Crippen LogP contribution in [0.25, 0.3) is 0 Å². The van der Waals surface area contributed by atoms with Crippen LogP contribution in [0.2, 0.25) is 0 Å². The summed E-state index contributed by atoms with van der Waals surface area (Å²) in [6.45, 7) is 0.125. The fraction of sp³-hybridized carbons (Fsp3) is 0.111. The highest BCUT2D eigenvalue weighted by molar-refractivity contribution is 5.93. The van der Waals surface area contributed by atoms with Crippen molar-refractivity contribution in [2.24, 2.45) is 0 Å². The molecule has 94 valence electrons. The first-order chi connectivity index (χ1) is 8.58. The summed E-state index contributed by atoms with van der Waals surface area (Å²) in [4.78, 5) is 37.9. The summed E-state index contributed by atoms with van der Waals surface area (Å²) in [6, 6.07) is 0. The van der Waals surface area contributed by atoms with Crippen LogP contribution in [0.4, 0.5) is 5.82 Å². The summed E-state index contributed by atoms with van der Waals surface area (Å²) in [5.74, 6) is -0.279. The molecule has 0 saturated heterocycles. The van der Waals surface area contributed by atoms with E-state index in [1.165, 1.54) is 6.20 Å². The van der Waals surface area contributed by atoms with E-state index in [0.29, 0.717) is 11.4 Å². The summed E-state index contributed by atoms with van der Waals surface area (Å²) >= 11 is 0. The number of rotatable bonds is 3. The van der Waals surface area contributed by atoms with Crippen LogP contribution in [-0.4, -0.2) is 26.1 Å². The minimum Gasteiger partial charge on any atom is -0.384 e. The van der Waals surface area contributed by atoms with Crippen molar-refractivity contribution in [1.82, 2.24) is 25.5 Å². The maximum Gasteiger partial charge on any atom is 0.325 e. The standard InChI is InChI=1S/C9H10N6O3/c10-6-4(2-13-15-6)1-11-7(16)5-3-12-9(18)14-8(5)17/h2-3H,1H2,(H,11,16)(H3,10,13,15)(H2,12,14,17,18). The van der Waals surface area contributed by atoms with Crippen molar-refractivity contribution in [2.75, 3.05) is 5.73 Å². The number of nitrogens with zero attached hydrogens (tertiary/aromatic N) is 1. The van der Waals surface area contributed by atoms with Crippen molar-refractivity contribution in [3.8, 4) is 0 Å². The van der Waals surface area contributed by atoms with E-state index in [2.05, 4.69) is 20.5 Å². The number of nitrogens with one attached hydrogen (secondary N) is 4. The fourth-order valence-electron chi connectivity index (χ4n) is 1.31. The first-order valence-electron chi connectivity index (χ1n) is 4.96. The van der Waals surface area contributed by atoms with Crippen LogP contribution < -0.4 is 22.3 Å². The van der Waals surface area contributed by atoms with Crippen LogP contribution in [0.5, 0.6) is 0 Å². The van der Waals surface area contributed by atoms with Gasteiger partial charge in [0.05, 0.1) is 6.20 Å². The number of carbonyl (C=O) groups excluding carboxylic acids is 1. The predicted molar refractivity (Wildman–Crippen MR) is 61.9 cm³/mol.